The van der Waals surface area contributed by atoms with Crippen LogP contribution in [0.1, 0.15) is 22.0 Å². The van der Waals surface area contributed by atoms with E-state index in [9.17, 15) is 9.59 Å². The van der Waals surface area contributed by atoms with Crippen molar-refractivity contribution in [1.29, 1.82) is 0 Å². The number of hydrogen-bond acceptors (Lipinski definition) is 5. The molecule has 37 heavy (non-hydrogen) atoms. The van der Waals surface area contributed by atoms with Gasteiger partial charge in [-0.1, -0.05) is 71.9 Å². The van der Waals surface area contributed by atoms with Gasteiger partial charge in [-0.2, -0.15) is 0 Å². The van der Waals surface area contributed by atoms with E-state index in [4.69, 9.17) is 0 Å². The lowest BCUT2D eigenvalue weighted by molar-refractivity contribution is -0.142. The van der Waals surface area contributed by atoms with Gasteiger partial charge in [0.1, 0.15) is 23.9 Å². The first-order chi connectivity index (χ1) is 18.1. The molecule has 0 bridgehead atoms. The van der Waals surface area contributed by atoms with Crippen LogP contribution in [-0.4, -0.2) is 31.7 Å². The van der Waals surface area contributed by atoms with Crippen molar-refractivity contribution in [3.63, 3.8) is 0 Å². The fourth-order valence-electron chi connectivity index (χ4n) is 4.18. The van der Waals surface area contributed by atoms with E-state index < -0.39 is 17.8 Å². The lowest BCUT2D eigenvalue weighted by Gasteiger charge is -2.31. The summed E-state index contributed by atoms with van der Waals surface area (Å²) in [6.07, 6.45) is 0. The second-order valence-electron chi connectivity index (χ2n) is 8.46. The van der Waals surface area contributed by atoms with E-state index in [0.717, 1.165) is 10.4 Å². The molecule has 1 N–H and O–H groups in total. The van der Waals surface area contributed by atoms with E-state index in [2.05, 4.69) is 15.6 Å². The van der Waals surface area contributed by atoms with Crippen molar-refractivity contribution in [2.24, 2.45) is 0 Å². The third-order valence-electron chi connectivity index (χ3n) is 6.00. The molecule has 0 saturated carbocycles. The molecule has 5 rings (SSSR count). The normalized spacial score (nSPS) is 11.8. The largest absolute Gasteiger partial charge is 0.350 e. The molecule has 0 saturated heterocycles. The minimum Gasteiger partial charge on any atom is -0.350 e. The van der Waals surface area contributed by atoms with Crippen LogP contribution in [0.4, 0.5) is 4.39 Å². The first-order valence-corrected chi connectivity index (χ1v) is 12.6. The molecule has 0 aliphatic rings. The van der Waals surface area contributed by atoms with Crippen LogP contribution in [0.15, 0.2) is 96.4 Å². The second kappa shape index (κ2) is 11.1. The first kappa shape index (κ1) is 24.3. The fraction of sp³-hybridized carbons (Fsp3) is 0.143. The molecule has 9 heteroatoms. The average Bonchev–Trinajstić information content (AvgIpc) is 3.59. The molecule has 0 radical (unpaired) electrons. The summed E-state index contributed by atoms with van der Waals surface area (Å²) < 4.78 is 16.6. The van der Waals surface area contributed by atoms with Gasteiger partial charge in [0.2, 0.25) is 11.8 Å². The van der Waals surface area contributed by atoms with Crippen LogP contribution < -0.4 is 5.32 Å². The summed E-state index contributed by atoms with van der Waals surface area (Å²) in [5.74, 6) is -1.41. The number of hydrogen-bond donors (Lipinski definition) is 1. The number of benzene rings is 3. The topological polar surface area (TPSA) is 80.1 Å². The highest BCUT2D eigenvalue weighted by atomic mass is 32.1. The van der Waals surface area contributed by atoms with E-state index in [1.807, 2.05) is 72.1 Å². The summed E-state index contributed by atoms with van der Waals surface area (Å²) in [4.78, 5) is 29.8. The number of nitrogens with zero attached hydrogens (tertiary/aromatic N) is 4. The van der Waals surface area contributed by atoms with Crippen molar-refractivity contribution in [3.8, 4) is 0 Å². The number of amides is 2. The van der Waals surface area contributed by atoms with Crippen LogP contribution in [-0.2, 0) is 29.2 Å². The number of halogens is 1. The van der Waals surface area contributed by atoms with Crippen LogP contribution in [0.25, 0.3) is 11.0 Å². The average molecular weight is 514 g/mol. The maximum Gasteiger partial charge on any atom is 0.247 e. The quantitative estimate of drug-likeness (QED) is 0.309. The predicted octanol–water partition coefficient (Wildman–Crippen LogP) is 4.72. The van der Waals surface area contributed by atoms with E-state index in [0.29, 0.717) is 11.0 Å². The molecule has 2 heterocycles. The van der Waals surface area contributed by atoms with Crippen molar-refractivity contribution in [3.05, 3.63) is 118 Å². The van der Waals surface area contributed by atoms with E-state index in [1.165, 1.54) is 27.0 Å². The Kier molecular flexibility index (Phi) is 7.32. The molecule has 2 aromatic heterocycles. The highest BCUT2D eigenvalue weighted by molar-refractivity contribution is 7.09. The summed E-state index contributed by atoms with van der Waals surface area (Å²) in [6, 6.07) is 25.4. The Morgan fingerprint density at radius 3 is 2.49 bits per heavy atom. The van der Waals surface area contributed by atoms with Gasteiger partial charge < -0.3 is 10.2 Å². The predicted molar refractivity (Wildman–Crippen MR) is 140 cm³/mol. The van der Waals surface area contributed by atoms with Gasteiger partial charge in [-0.25, -0.2) is 9.07 Å². The maximum atomic E-state index is 15.1. The number of para-hydroxylation sites is 1. The SMILES string of the molecule is O=C(NCc1ccccc1)[C@@H](c1ccccc1F)N(Cc1cccs1)C(=O)Cn1nnc2ccccc21. The zero-order valence-electron chi connectivity index (χ0n) is 19.8. The lowest BCUT2D eigenvalue weighted by Crippen LogP contribution is -2.44. The zero-order chi connectivity index (χ0) is 25.6. The van der Waals surface area contributed by atoms with Crippen LogP contribution in [0.3, 0.4) is 0 Å². The molecule has 5 aromatic rings. The molecule has 3 aromatic carbocycles. The molecule has 0 aliphatic heterocycles. The van der Waals surface area contributed by atoms with Crippen LogP contribution in [0.2, 0.25) is 0 Å². The Balaban J connectivity index is 1.50. The van der Waals surface area contributed by atoms with Crippen molar-refractivity contribution in [2.75, 3.05) is 0 Å². The van der Waals surface area contributed by atoms with Crippen molar-refractivity contribution in [1.82, 2.24) is 25.2 Å². The molecule has 186 valence electrons. The smallest absolute Gasteiger partial charge is 0.247 e. The summed E-state index contributed by atoms with van der Waals surface area (Å²) in [5.41, 5.74) is 2.38. The third-order valence-corrected chi connectivity index (χ3v) is 6.86. The standard InChI is InChI=1S/C28H24FN5O2S/c29-23-13-5-4-12-22(23)27(28(36)30-17-20-9-2-1-3-10-20)33(18-21-11-8-16-37-21)26(35)19-34-25-15-7-6-14-24(25)31-32-34/h1-16,27H,17-19H2,(H,30,36)/t27-/m1/s1. The third kappa shape index (κ3) is 5.57. The molecule has 1 atom stereocenters. The van der Waals surface area contributed by atoms with Crippen LogP contribution >= 0.6 is 11.3 Å². The van der Waals surface area contributed by atoms with Gasteiger partial charge in [0.25, 0.3) is 0 Å². The van der Waals surface area contributed by atoms with Crippen molar-refractivity contribution >= 4 is 34.2 Å². The summed E-state index contributed by atoms with van der Waals surface area (Å²) in [6.45, 7) is 0.239. The Bertz CT molecular complexity index is 1500. The number of nitrogens with one attached hydrogen (secondary N) is 1. The Labute approximate surface area is 217 Å². The minimum absolute atomic E-state index is 0.126. The van der Waals surface area contributed by atoms with Gasteiger partial charge in [-0.05, 0) is 35.2 Å². The molecular formula is C28H24FN5O2S. The first-order valence-electron chi connectivity index (χ1n) is 11.8. The molecule has 0 unspecified atom stereocenters. The van der Waals surface area contributed by atoms with E-state index >= 15 is 4.39 Å². The Hall–Kier alpha value is -4.37. The van der Waals surface area contributed by atoms with Gasteiger partial charge in [0, 0.05) is 17.0 Å². The van der Waals surface area contributed by atoms with Crippen molar-refractivity contribution < 1.29 is 14.0 Å². The highest BCUT2D eigenvalue weighted by Crippen LogP contribution is 2.28. The lowest BCUT2D eigenvalue weighted by atomic mass is 10.0. The van der Waals surface area contributed by atoms with Gasteiger partial charge >= 0.3 is 0 Å². The monoisotopic (exact) mass is 513 g/mol. The molecule has 0 fully saturated rings. The summed E-state index contributed by atoms with van der Waals surface area (Å²) >= 11 is 1.46. The highest BCUT2D eigenvalue weighted by Gasteiger charge is 2.34. The number of rotatable bonds is 9. The number of carbonyl (C=O) groups excluding carboxylic acids is 2. The van der Waals surface area contributed by atoms with Gasteiger partial charge in [-0.3, -0.25) is 9.59 Å². The van der Waals surface area contributed by atoms with Gasteiger partial charge in [0.05, 0.1) is 12.1 Å². The zero-order valence-corrected chi connectivity index (χ0v) is 20.6. The second-order valence-corrected chi connectivity index (χ2v) is 9.50. The Morgan fingerprint density at radius 2 is 1.70 bits per heavy atom. The Morgan fingerprint density at radius 1 is 0.946 bits per heavy atom. The number of thiophene rings is 1. The fourth-order valence-corrected chi connectivity index (χ4v) is 4.88. The molecule has 2 amide bonds. The maximum absolute atomic E-state index is 15.1. The van der Waals surface area contributed by atoms with Crippen LogP contribution in [0.5, 0.6) is 0 Å². The van der Waals surface area contributed by atoms with Gasteiger partial charge in [0.15, 0.2) is 0 Å². The molecule has 7 nitrogen and oxygen atoms in total. The molecule has 0 aliphatic carbocycles. The van der Waals surface area contributed by atoms with Gasteiger partial charge in [-0.15, -0.1) is 16.4 Å². The number of fused-ring (bicyclic) bond motifs is 1. The minimum atomic E-state index is -1.19. The molecular weight excluding hydrogens is 489 g/mol. The molecule has 0 spiro atoms. The van der Waals surface area contributed by atoms with E-state index in [-0.39, 0.29) is 31.1 Å². The van der Waals surface area contributed by atoms with E-state index in [1.54, 1.807) is 18.2 Å². The number of carbonyl (C=O) groups is 2. The van der Waals surface area contributed by atoms with Crippen molar-refractivity contribution in [2.45, 2.75) is 25.7 Å². The summed E-state index contributed by atoms with van der Waals surface area (Å²) in [7, 11) is 0. The summed E-state index contributed by atoms with van der Waals surface area (Å²) in [5, 5.41) is 13.1. The number of aromatic nitrogens is 3. The van der Waals surface area contributed by atoms with Crippen LogP contribution in [0, 0.1) is 5.82 Å².